The van der Waals surface area contributed by atoms with Crippen molar-refractivity contribution in [2.45, 2.75) is 33.0 Å². The number of carbonyl (C=O) groups excluding carboxylic acids is 1. The molecule has 3 aromatic rings. The summed E-state index contributed by atoms with van der Waals surface area (Å²) in [7, 11) is 0. The highest BCUT2D eigenvalue weighted by Gasteiger charge is 2.18. The molecule has 0 aliphatic carbocycles. The first-order valence-corrected chi connectivity index (χ1v) is 10.1. The van der Waals surface area contributed by atoms with E-state index in [2.05, 4.69) is 4.98 Å². The van der Waals surface area contributed by atoms with Gasteiger partial charge in [0.1, 0.15) is 5.75 Å². The van der Waals surface area contributed by atoms with Gasteiger partial charge in [0.15, 0.2) is 0 Å². The summed E-state index contributed by atoms with van der Waals surface area (Å²) in [6, 6.07) is 16.3. The zero-order valence-corrected chi connectivity index (χ0v) is 17.8. The molecule has 0 saturated carbocycles. The van der Waals surface area contributed by atoms with Gasteiger partial charge in [0, 0.05) is 41.1 Å². The fourth-order valence-electron chi connectivity index (χ4n) is 2.90. The van der Waals surface area contributed by atoms with Crippen LogP contribution < -0.4 is 4.74 Å². The maximum Gasteiger partial charge on any atom is 0.254 e. The Morgan fingerprint density at radius 1 is 1.07 bits per heavy atom. The molecule has 4 nitrogen and oxygen atoms in total. The van der Waals surface area contributed by atoms with Gasteiger partial charge in [-0.25, -0.2) is 0 Å². The second-order valence-electron chi connectivity index (χ2n) is 6.95. The molecular formula is C23H22Cl2N2O2. The Bertz CT molecular complexity index is 960. The predicted octanol–water partition coefficient (Wildman–Crippen LogP) is 6.02. The maximum atomic E-state index is 13.3. The summed E-state index contributed by atoms with van der Waals surface area (Å²) < 4.78 is 5.66. The third-order valence-electron chi connectivity index (χ3n) is 4.23. The quantitative estimate of drug-likeness (QED) is 0.461. The number of hydrogen-bond acceptors (Lipinski definition) is 3. The third kappa shape index (κ3) is 5.96. The van der Waals surface area contributed by atoms with Crippen LogP contribution in [0.5, 0.6) is 5.75 Å². The Hall–Kier alpha value is -2.56. The van der Waals surface area contributed by atoms with Gasteiger partial charge in [0.25, 0.3) is 5.91 Å². The van der Waals surface area contributed by atoms with Crippen LogP contribution in [0.2, 0.25) is 10.0 Å². The predicted molar refractivity (Wildman–Crippen MR) is 116 cm³/mol. The van der Waals surface area contributed by atoms with E-state index >= 15 is 0 Å². The maximum absolute atomic E-state index is 13.3. The number of benzene rings is 2. The van der Waals surface area contributed by atoms with E-state index in [1.807, 2.05) is 44.2 Å². The summed E-state index contributed by atoms with van der Waals surface area (Å²) in [5.41, 5.74) is 2.34. The molecule has 29 heavy (non-hydrogen) atoms. The molecule has 0 atom stereocenters. The normalized spacial score (nSPS) is 10.8. The zero-order valence-electron chi connectivity index (χ0n) is 16.3. The van der Waals surface area contributed by atoms with Crippen molar-refractivity contribution in [2.24, 2.45) is 0 Å². The summed E-state index contributed by atoms with van der Waals surface area (Å²) in [6.07, 6.45) is 3.54. The first kappa shape index (κ1) is 21.2. The highest BCUT2D eigenvalue weighted by molar-refractivity contribution is 6.35. The molecule has 0 N–H and O–H groups in total. The summed E-state index contributed by atoms with van der Waals surface area (Å²) in [5, 5.41) is 1.09. The van der Waals surface area contributed by atoms with E-state index in [4.69, 9.17) is 27.9 Å². The van der Waals surface area contributed by atoms with E-state index < -0.39 is 0 Å². The molecule has 0 radical (unpaired) electrons. The number of amides is 1. The molecule has 6 heteroatoms. The van der Waals surface area contributed by atoms with E-state index in [0.717, 1.165) is 16.9 Å². The van der Waals surface area contributed by atoms with Crippen molar-refractivity contribution in [3.8, 4) is 5.75 Å². The largest absolute Gasteiger partial charge is 0.491 e. The highest BCUT2D eigenvalue weighted by Crippen LogP contribution is 2.24. The molecule has 0 saturated heterocycles. The molecule has 0 aliphatic rings. The van der Waals surface area contributed by atoms with Crippen LogP contribution in [0, 0.1) is 0 Å². The van der Waals surface area contributed by atoms with Gasteiger partial charge in [-0.3, -0.25) is 9.78 Å². The molecule has 3 rings (SSSR count). The lowest BCUT2D eigenvalue weighted by atomic mass is 10.1. The van der Waals surface area contributed by atoms with E-state index in [0.29, 0.717) is 28.7 Å². The van der Waals surface area contributed by atoms with E-state index in [1.54, 1.807) is 41.6 Å². The topological polar surface area (TPSA) is 42.4 Å². The summed E-state index contributed by atoms with van der Waals surface area (Å²) in [4.78, 5) is 19.1. The Balaban J connectivity index is 1.86. The molecule has 2 aromatic carbocycles. The second kappa shape index (κ2) is 9.77. The van der Waals surface area contributed by atoms with Crippen molar-refractivity contribution < 1.29 is 9.53 Å². The molecule has 0 spiro atoms. The van der Waals surface area contributed by atoms with Crippen molar-refractivity contribution in [2.75, 3.05) is 0 Å². The minimum absolute atomic E-state index is 0.0747. The van der Waals surface area contributed by atoms with Crippen LogP contribution in [0.4, 0.5) is 0 Å². The highest BCUT2D eigenvalue weighted by atomic mass is 35.5. The number of aromatic nitrogens is 1. The van der Waals surface area contributed by atoms with Gasteiger partial charge in [-0.15, -0.1) is 0 Å². The average Bonchev–Trinajstić information content (AvgIpc) is 2.70. The summed E-state index contributed by atoms with van der Waals surface area (Å²) in [6.45, 7) is 4.69. The van der Waals surface area contributed by atoms with E-state index in [-0.39, 0.29) is 12.0 Å². The van der Waals surface area contributed by atoms with Crippen LogP contribution in [0.3, 0.4) is 0 Å². The van der Waals surface area contributed by atoms with Crippen molar-refractivity contribution in [3.63, 3.8) is 0 Å². The van der Waals surface area contributed by atoms with Crippen molar-refractivity contribution in [1.82, 2.24) is 9.88 Å². The number of nitrogens with zero attached hydrogens (tertiary/aromatic N) is 2. The SMILES string of the molecule is CC(C)Oc1ccc(C(=O)N(Cc2cccnc2)Cc2ccc(Cl)cc2Cl)cc1. The lowest BCUT2D eigenvalue weighted by Gasteiger charge is -2.24. The standard InChI is InChI=1S/C23H22Cl2N2O2/c1-16(2)29-21-9-6-18(7-10-21)23(28)27(14-17-4-3-11-26-13-17)15-19-5-8-20(24)12-22(19)25/h3-13,16H,14-15H2,1-2H3. The number of hydrogen-bond donors (Lipinski definition) is 0. The molecule has 1 aromatic heterocycles. The van der Waals surface area contributed by atoms with Crippen LogP contribution in [0.1, 0.15) is 35.3 Å². The van der Waals surface area contributed by atoms with Crippen molar-refractivity contribution >= 4 is 29.1 Å². The van der Waals surface area contributed by atoms with Gasteiger partial charge >= 0.3 is 0 Å². The van der Waals surface area contributed by atoms with Gasteiger partial charge in [0.2, 0.25) is 0 Å². The molecule has 0 aliphatic heterocycles. The van der Waals surface area contributed by atoms with Gasteiger partial charge in [-0.2, -0.15) is 0 Å². The van der Waals surface area contributed by atoms with E-state index in [9.17, 15) is 4.79 Å². The number of rotatable bonds is 7. The van der Waals surface area contributed by atoms with Crippen LogP contribution >= 0.6 is 23.2 Å². The first-order valence-electron chi connectivity index (χ1n) is 9.31. The number of carbonyl (C=O) groups is 1. The van der Waals surface area contributed by atoms with Crippen LogP contribution in [-0.4, -0.2) is 21.9 Å². The van der Waals surface area contributed by atoms with Gasteiger partial charge < -0.3 is 9.64 Å². The zero-order chi connectivity index (χ0) is 20.8. The number of ether oxygens (including phenoxy) is 1. The fraction of sp³-hybridized carbons (Fsp3) is 0.217. The smallest absolute Gasteiger partial charge is 0.254 e. The molecule has 0 bridgehead atoms. The molecule has 0 fully saturated rings. The van der Waals surface area contributed by atoms with Crippen LogP contribution in [0.25, 0.3) is 0 Å². The Labute approximate surface area is 181 Å². The Morgan fingerprint density at radius 2 is 1.83 bits per heavy atom. The molecule has 0 unspecified atom stereocenters. The van der Waals surface area contributed by atoms with Gasteiger partial charge in [-0.05, 0) is 67.4 Å². The first-order chi connectivity index (χ1) is 13.9. The number of halogens is 2. The third-order valence-corrected chi connectivity index (χ3v) is 4.82. The Kier molecular flexibility index (Phi) is 7.13. The minimum atomic E-state index is -0.101. The van der Waals surface area contributed by atoms with Gasteiger partial charge in [-0.1, -0.05) is 35.3 Å². The van der Waals surface area contributed by atoms with E-state index in [1.165, 1.54) is 0 Å². The molecule has 1 heterocycles. The van der Waals surface area contributed by atoms with Crippen molar-refractivity contribution in [3.05, 3.63) is 93.7 Å². The molecule has 1 amide bonds. The van der Waals surface area contributed by atoms with Gasteiger partial charge in [0.05, 0.1) is 6.10 Å². The lowest BCUT2D eigenvalue weighted by molar-refractivity contribution is 0.0730. The Morgan fingerprint density at radius 3 is 2.45 bits per heavy atom. The molecular weight excluding hydrogens is 407 g/mol. The fourth-order valence-corrected chi connectivity index (χ4v) is 3.37. The lowest BCUT2D eigenvalue weighted by Crippen LogP contribution is -2.30. The van der Waals surface area contributed by atoms with Crippen LogP contribution in [0.15, 0.2) is 67.0 Å². The second-order valence-corrected chi connectivity index (χ2v) is 7.79. The van der Waals surface area contributed by atoms with Crippen LogP contribution in [-0.2, 0) is 13.1 Å². The number of pyridine rings is 1. The molecule has 150 valence electrons. The minimum Gasteiger partial charge on any atom is -0.491 e. The average molecular weight is 429 g/mol. The monoisotopic (exact) mass is 428 g/mol. The van der Waals surface area contributed by atoms with Crippen molar-refractivity contribution in [1.29, 1.82) is 0 Å². The summed E-state index contributed by atoms with van der Waals surface area (Å²) in [5.74, 6) is 0.632. The summed E-state index contributed by atoms with van der Waals surface area (Å²) >= 11 is 12.4.